The molecule has 0 radical (unpaired) electrons. The molecule has 0 aliphatic heterocycles. The van der Waals surface area contributed by atoms with Crippen molar-refractivity contribution in [1.82, 2.24) is 24.5 Å². The van der Waals surface area contributed by atoms with Gasteiger partial charge in [0.25, 0.3) is 12.3 Å². The maximum absolute atomic E-state index is 13.6. The number of aromatic nitrogens is 5. The predicted octanol–water partition coefficient (Wildman–Crippen LogP) is 3.92. The van der Waals surface area contributed by atoms with Crippen molar-refractivity contribution < 1.29 is 18.4 Å². The SMILES string of the molecule is Cc1c(-c2cc(C(F)F)nc3sc(C(N)=O)c(NC(=O)CCn4cc(Cl)cn4)c23)cnn1C. The summed E-state index contributed by atoms with van der Waals surface area (Å²) in [5.41, 5.74) is 6.88. The van der Waals surface area contributed by atoms with Gasteiger partial charge < -0.3 is 11.1 Å². The van der Waals surface area contributed by atoms with Crippen LogP contribution in [-0.2, 0) is 18.4 Å². The Hall–Kier alpha value is -3.38. The molecule has 2 amide bonds. The Morgan fingerprint density at radius 2 is 2.03 bits per heavy atom. The molecule has 0 bridgehead atoms. The number of halogens is 3. The number of pyridine rings is 1. The molecule has 9 nitrogen and oxygen atoms in total. The molecule has 3 N–H and O–H groups in total. The minimum atomic E-state index is -2.83. The van der Waals surface area contributed by atoms with Crippen molar-refractivity contribution in [3.05, 3.63) is 45.9 Å². The van der Waals surface area contributed by atoms with Gasteiger partial charge in [-0.2, -0.15) is 10.2 Å². The first kappa shape index (κ1) is 22.8. The van der Waals surface area contributed by atoms with Crippen LogP contribution in [0.5, 0.6) is 0 Å². The number of nitrogens with zero attached hydrogens (tertiary/aromatic N) is 5. The summed E-state index contributed by atoms with van der Waals surface area (Å²) in [4.78, 5) is 29.1. The van der Waals surface area contributed by atoms with E-state index in [1.54, 1.807) is 24.9 Å². The molecule has 4 aromatic rings. The Morgan fingerprint density at radius 3 is 2.61 bits per heavy atom. The number of rotatable bonds is 7. The minimum Gasteiger partial charge on any atom is -0.365 e. The lowest BCUT2D eigenvalue weighted by Gasteiger charge is -2.11. The van der Waals surface area contributed by atoms with Crippen molar-refractivity contribution in [2.24, 2.45) is 12.8 Å². The van der Waals surface area contributed by atoms with Gasteiger partial charge in [-0.1, -0.05) is 11.6 Å². The molecule has 4 aromatic heterocycles. The number of fused-ring (bicyclic) bond motifs is 1. The number of carbonyl (C=O) groups excluding carboxylic acids is 2. The minimum absolute atomic E-state index is 0.0159. The van der Waals surface area contributed by atoms with Crippen LogP contribution in [0, 0.1) is 6.92 Å². The number of hydrogen-bond donors (Lipinski definition) is 2. The lowest BCUT2D eigenvalue weighted by atomic mass is 10.0. The smallest absolute Gasteiger partial charge is 0.280 e. The van der Waals surface area contributed by atoms with Gasteiger partial charge in [-0.15, -0.1) is 11.3 Å². The number of amides is 2. The zero-order valence-corrected chi connectivity index (χ0v) is 19.0. The summed E-state index contributed by atoms with van der Waals surface area (Å²) < 4.78 is 30.3. The Bertz CT molecular complexity index is 1380. The highest BCUT2D eigenvalue weighted by Gasteiger charge is 2.26. The van der Waals surface area contributed by atoms with Crippen molar-refractivity contribution in [2.75, 3.05) is 5.32 Å². The van der Waals surface area contributed by atoms with Gasteiger partial charge in [-0.25, -0.2) is 13.8 Å². The number of thiophene rings is 1. The second-order valence-corrected chi connectivity index (χ2v) is 8.67. The highest BCUT2D eigenvalue weighted by atomic mass is 35.5. The number of anilines is 1. The topological polar surface area (TPSA) is 121 Å². The third-order valence-corrected chi connectivity index (χ3v) is 6.38. The third-order valence-electron chi connectivity index (χ3n) is 5.09. The number of aryl methyl sites for hydroxylation is 2. The fraction of sp³-hybridized carbons (Fsp3) is 0.250. The molecule has 172 valence electrons. The van der Waals surface area contributed by atoms with Crippen LogP contribution in [0.4, 0.5) is 14.5 Å². The number of hydrogen-bond acceptors (Lipinski definition) is 6. The monoisotopic (exact) mass is 493 g/mol. The van der Waals surface area contributed by atoms with Gasteiger partial charge in [0, 0.05) is 42.9 Å². The van der Waals surface area contributed by atoms with Gasteiger partial charge in [0.1, 0.15) is 15.4 Å². The zero-order valence-electron chi connectivity index (χ0n) is 17.5. The first-order valence-electron chi connectivity index (χ1n) is 9.68. The molecule has 13 heteroatoms. The number of primary amides is 1. The second kappa shape index (κ2) is 8.87. The van der Waals surface area contributed by atoms with Crippen LogP contribution in [-0.4, -0.2) is 36.4 Å². The summed E-state index contributed by atoms with van der Waals surface area (Å²) >= 11 is 6.68. The molecule has 0 fully saturated rings. The number of alkyl halides is 2. The lowest BCUT2D eigenvalue weighted by Crippen LogP contribution is -2.18. The molecule has 0 aromatic carbocycles. The van der Waals surface area contributed by atoms with Crippen LogP contribution in [0.3, 0.4) is 0 Å². The van der Waals surface area contributed by atoms with Crippen molar-refractivity contribution in [3.63, 3.8) is 0 Å². The van der Waals surface area contributed by atoms with Crippen LogP contribution in [0.2, 0.25) is 5.02 Å². The third kappa shape index (κ3) is 4.44. The van der Waals surface area contributed by atoms with Crippen molar-refractivity contribution in [1.29, 1.82) is 0 Å². The maximum atomic E-state index is 13.6. The standard InChI is InChI=1S/C20H18ClF2N7O2S/c1-9-12(7-25-29(9)2)11-5-13(18(22)23)27-20-15(11)16(17(33-20)19(24)32)28-14(31)3-4-30-8-10(21)6-26-30/h5-8,18H,3-4H2,1-2H3,(H2,24,32)(H,28,31). The van der Waals surface area contributed by atoms with Crippen molar-refractivity contribution in [3.8, 4) is 11.1 Å². The second-order valence-electron chi connectivity index (χ2n) is 7.23. The number of nitrogens with one attached hydrogen (secondary N) is 1. The molecule has 0 spiro atoms. The summed E-state index contributed by atoms with van der Waals surface area (Å²) in [6.45, 7) is 2.03. The summed E-state index contributed by atoms with van der Waals surface area (Å²) in [6.07, 6.45) is 1.75. The molecule has 0 aliphatic carbocycles. The summed E-state index contributed by atoms with van der Waals surface area (Å²) in [5.74, 6) is -1.23. The van der Waals surface area contributed by atoms with E-state index in [0.29, 0.717) is 27.2 Å². The van der Waals surface area contributed by atoms with Crippen LogP contribution in [0.1, 0.15) is 33.9 Å². The highest BCUT2D eigenvalue weighted by Crippen LogP contribution is 2.43. The summed E-state index contributed by atoms with van der Waals surface area (Å²) in [5, 5.41) is 11.7. The van der Waals surface area contributed by atoms with Crippen molar-refractivity contribution >= 4 is 50.7 Å². The van der Waals surface area contributed by atoms with E-state index < -0.39 is 23.9 Å². The van der Waals surface area contributed by atoms with E-state index in [1.807, 2.05) is 0 Å². The van der Waals surface area contributed by atoms with Gasteiger partial charge in [0.15, 0.2) is 0 Å². The molecule has 0 saturated carbocycles. The van der Waals surface area contributed by atoms with E-state index in [2.05, 4.69) is 20.5 Å². The molecule has 4 heterocycles. The molecule has 0 unspecified atom stereocenters. The Labute approximate surface area is 195 Å². The largest absolute Gasteiger partial charge is 0.365 e. The number of nitrogens with two attached hydrogens (primary N) is 1. The Balaban J connectivity index is 1.82. The predicted molar refractivity (Wildman–Crippen MR) is 121 cm³/mol. The molecule has 4 rings (SSSR count). The van der Waals surface area contributed by atoms with E-state index in [9.17, 15) is 18.4 Å². The molecular formula is C20H18ClF2N7O2S. The van der Waals surface area contributed by atoms with Gasteiger partial charge in [-0.3, -0.25) is 19.0 Å². The molecule has 0 atom stereocenters. The Kier molecular flexibility index (Phi) is 6.13. The zero-order chi connectivity index (χ0) is 23.9. The molecule has 0 aliphatic rings. The van der Waals surface area contributed by atoms with E-state index in [-0.39, 0.29) is 28.4 Å². The van der Waals surface area contributed by atoms with E-state index in [1.165, 1.54) is 23.1 Å². The van der Waals surface area contributed by atoms with Crippen molar-refractivity contribution in [2.45, 2.75) is 26.3 Å². The normalized spacial score (nSPS) is 11.5. The number of carbonyl (C=O) groups is 2. The average molecular weight is 494 g/mol. The van der Waals surface area contributed by atoms with Crippen LogP contribution >= 0.6 is 22.9 Å². The van der Waals surface area contributed by atoms with Gasteiger partial charge in [0.05, 0.1) is 23.1 Å². The molecule has 0 saturated heterocycles. The quantitative estimate of drug-likeness (QED) is 0.404. The Morgan fingerprint density at radius 1 is 1.27 bits per heavy atom. The van der Waals surface area contributed by atoms with E-state index in [0.717, 1.165) is 11.3 Å². The first-order valence-corrected chi connectivity index (χ1v) is 10.9. The van der Waals surface area contributed by atoms with Crippen LogP contribution in [0.15, 0.2) is 24.7 Å². The molecular weight excluding hydrogens is 476 g/mol. The van der Waals surface area contributed by atoms with Crippen LogP contribution < -0.4 is 11.1 Å². The maximum Gasteiger partial charge on any atom is 0.280 e. The fourth-order valence-electron chi connectivity index (χ4n) is 3.38. The van der Waals surface area contributed by atoms with Crippen LogP contribution in [0.25, 0.3) is 21.3 Å². The summed E-state index contributed by atoms with van der Waals surface area (Å²) in [6, 6.07) is 1.25. The first-order chi connectivity index (χ1) is 15.7. The highest BCUT2D eigenvalue weighted by molar-refractivity contribution is 7.21. The van der Waals surface area contributed by atoms with E-state index >= 15 is 0 Å². The molecule has 33 heavy (non-hydrogen) atoms. The van der Waals surface area contributed by atoms with E-state index in [4.69, 9.17) is 17.3 Å². The fourth-order valence-corrected chi connectivity index (χ4v) is 4.55. The summed E-state index contributed by atoms with van der Waals surface area (Å²) in [7, 11) is 1.72. The van der Waals surface area contributed by atoms with Gasteiger partial charge in [-0.05, 0) is 18.6 Å². The lowest BCUT2D eigenvalue weighted by molar-refractivity contribution is -0.116. The van der Waals surface area contributed by atoms with Gasteiger partial charge >= 0.3 is 0 Å². The van der Waals surface area contributed by atoms with Gasteiger partial charge in [0.2, 0.25) is 5.91 Å². The average Bonchev–Trinajstić information content (AvgIpc) is 3.44.